The molecule has 9 nitrogen and oxygen atoms in total. The fraction of sp³-hybridized carbons (Fsp3) is 0.211. The van der Waals surface area contributed by atoms with Crippen molar-refractivity contribution in [1.82, 2.24) is 29.3 Å². The molecular formula is C19H18N6O3. The van der Waals surface area contributed by atoms with E-state index in [1.807, 2.05) is 25.1 Å². The number of ether oxygens (including phenoxy) is 1. The molecule has 0 saturated heterocycles. The Morgan fingerprint density at radius 1 is 1.07 bits per heavy atom. The molecule has 142 valence electrons. The van der Waals surface area contributed by atoms with E-state index in [1.54, 1.807) is 41.7 Å². The average Bonchev–Trinajstić information content (AvgIpc) is 3.19. The van der Waals surface area contributed by atoms with Gasteiger partial charge in [-0.05, 0) is 38.5 Å². The van der Waals surface area contributed by atoms with Crippen molar-refractivity contribution >= 4 is 5.97 Å². The van der Waals surface area contributed by atoms with E-state index in [0.717, 1.165) is 5.56 Å². The van der Waals surface area contributed by atoms with Crippen LogP contribution in [-0.4, -0.2) is 42.4 Å². The Morgan fingerprint density at radius 2 is 1.79 bits per heavy atom. The van der Waals surface area contributed by atoms with Gasteiger partial charge in [0.2, 0.25) is 0 Å². The van der Waals surface area contributed by atoms with Crippen LogP contribution in [-0.2, 0) is 4.74 Å². The summed E-state index contributed by atoms with van der Waals surface area (Å²) in [5.74, 6) is 0.629. The fourth-order valence-electron chi connectivity index (χ4n) is 3.20. The van der Waals surface area contributed by atoms with Crippen molar-refractivity contribution in [2.45, 2.75) is 20.8 Å². The number of rotatable bonds is 3. The molecule has 9 heteroatoms. The van der Waals surface area contributed by atoms with E-state index < -0.39 is 5.97 Å². The van der Waals surface area contributed by atoms with Crippen LogP contribution in [0.25, 0.3) is 16.9 Å². The van der Waals surface area contributed by atoms with Crippen molar-refractivity contribution in [2.24, 2.45) is 0 Å². The molecule has 28 heavy (non-hydrogen) atoms. The summed E-state index contributed by atoms with van der Waals surface area (Å²) in [5, 5.41) is 12.5. The maximum Gasteiger partial charge on any atom is 0.341 e. The fourth-order valence-corrected chi connectivity index (χ4v) is 3.20. The Bertz CT molecular complexity index is 1210. The number of nitrogens with zero attached hydrogens (tertiary/aromatic N) is 6. The number of carbonyl (C=O) groups excluding carboxylic acids is 1. The van der Waals surface area contributed by atoms with Gasteiger partial charge in [0.15, 0.2) is 0 Å². The number of methoxy groups -OCH3 is 1. The summed E-state index contributed by atoms with van der Waals surface area (Å²) < 4.78 is 9.49. The van der Waals surface area contributed by atoms with Crippen LogP contribution in [0.15, 0.2) is 41.5 Å². The smallest absolute Gasteiger partial charge is 0.341 e. The molecule has 2 aromatic rings. The maximum atomic E-state index is 13.1. The van der Waals surface area contributed by atoms with Crippen molar-refractivity contribution in [3.8, 4) is 16.9 Å². The van der Waals surface area contributed by atoms with Crippen molar-refractivity contribution in [2.75, 3.05) is 7.11 Å². The first kappa shape index (κ1) is 17.7. The Kier molecular flexibility index (Phi) is 4.07. The van der Waals surface area contributed by atoms with Crippen molar-refractivity contribution in [3.63, 3.8) is 0 Å². The highest BCUT2D eigenvalue weighted by atomic mass is 16.5. The molecule has 1 aromatic heterocycles. The van der Waals surface area contributed by atoms with Gasteiger partial charge in [-0.1, -0.05) is 12.1 Å². The number of aromatic nitrogens is 6. The first-order chi connectivity index (χ1) is 13.4. The zero-order valence-electron chi connectivity index (χ0n) is 15.9. The van der Waals surface area contributed by atoms with Gasteiger partial charge < -0.3 is 4.74 Å². The summed E-state index contributed by atoms with van der Waals surface area (Å²) in [6, 6.07) is 7.43. The number of hydrogen-bond donors (Lipinski definition) is 0. The summed E-state index contributed by atoms with van der Waals surface area (Å²) in [7, 11) is 1.29. The van der Waals surface area contributed by atoms with Crippen LogP contribution in [0.2, 0.25) is 0 Å². The molecule has 3 heterocycles. The highest BCUT2D eigenvalue weighted by Gasteiger charge is 2.26. The quantitative estimate of drug-likeness (QED) is 0.504. The molecule has 0 saturated carbocycles. The SMILES string of the molecule is COC(=O)c1cn(-n2c(C)nnc2C)cc2c(=O)n(-c3cccc(C)c3)nc1-2. The van der Waals surface area contributed by atoms with E-state index in [2.05, 4.69) is 15.3 Å². The Labute approximate surface area is 160 Å². The predicted octanol–water partition coefficient (Wildman–Crippen LogP) is 1.75. The summed E-state index contributed by atoms with van der Waals surface area (Å²) in [6.45, 7) is 5.50. The predicted molar refractivity (Wildman–Crippen MR) is 101 cm³/mol. The highest BCUT2D eigenvalue weighted by molar-refractivity contribution is 5.96. The van der Waals surface area contributed by atoms with E-state index in [4.69, 9.17) is 4.74 Å². The lowest BCUT2D eigenvalue weighted by Crippen LogP contribution is -2.19. The van der Waals surface area contributed by atoms with E-state index in [0.29, 0.717) is 17.3 Å². The lowest BCUT2D eigenvalue weighted by Gasteiger charge is -2.14. The number of esters is 1. The maximum absolute atomic E-state index is 13.1. The third-order valence-electron chi connectivity index (χ3n) is 4.49. The monoisotopic (exact) mass is 378 g/mol. The van der Waals surface area contributed by atoms with E-state index in [1.165, 1.54) is 11.8 Å². The molecule has 2 aliphatic rings. The summed E-state index contributed by atoms with van der Waals surface area (Å²) in [6.07, 6.45) is 3.18. The van der Waals surface area contributed by atoms with Gasteiger partial charge in [0.05, 0.1) is 18.4 Å². The van der Waals surface area contributed by atoms with Crippen LogP contribution in [0, 0.1) is 20.8 Å². The first-order valence-electron chi connectivity index (χ1n) is 8.60. The van der Waals surface area contributed by atoms with Crippen LogP contribution in [0.1, 0.15) is 27.6 Å². The average molecular weight is 378 g/mol. The largest absolute Gasteiger partial charge is 0.465 e. The third-order valence-corrected chi connectivity index (χ3v) is 4.49. The van der Waals surface area contributed by atoms with Crippen LogP contribution >= 0.6 is 0 Å². The minimum Gasteiger partial charge on any atom is -0.465 e. The summed E-state index contributed by atoms with van der Waals surface area (Å²) >= 11 is 0. The van der Waals surface area contributed by atoms with Crippen LogP contribution in [0.4, 0.5) is 0 Å². The highest BCUT2D eigenvalue weighted by Crippen LogP contribution is 2.23. The molecular weight excluding hydrogens is 360 g/mol. The lowest BCUT2D eigenvalue weighted by atomic mass is 10.1. The molecule has 0 bridgehead atoms. The van der Waals surface area contributed by atoms with Gasteiger partial charge in [-0.15, -0.1) is 10.2 Å². The molecule has 0 N–H and O–H groups in total. The number of benzene rings is 1. The molecule has 0 spiro atoms. The molecule has 0 radical (unpaired) electrons. The molecule has 0 atom stereocenters. The van der Waals surface area contributed by atoms with Crippen molar-refractivity contribution < 1.29 is 9.53 Å². The number of carbonyl (C=O) groups is 1. The van der Waals surface area contributed by atoms with Gasteiger partial charge in [-0.2, -0.15) is 9.78 Å². The number of aryl methyl sites for hydroxylation is 3. The Balaban J connectivity index is 2.04. The molecule has 2 aliphatic heterocycles. The molecule has 4 rings (SSSR count). The summed E-state index contributed by atoms with van der Waals surface area (Å²) in [5.41, 5.74) is 2.03. The molecule has 0 fully saturated rings. The third kappa shape index (κ3) is 2.68. The molecule has 1 aromatic carbocycles. The Morgan fingerprint density at radius 3 is 2.43 bits per heavy atom. The zero-order chi connectivity index (χ0) is 20.0. The van der Waals surface area contributed by atoms with Gasteiger partial charge in [0.25, 0.3) is 5.56 Å². The van der Waals surface area contributed by atoms with Gasteiger partial charge >= 0.3 is 5.97 Å². The topological polar surface area (TPSA) is 96.8 Å². The van der Waals surface area contributed by atoms with E-state index in [9.17, 15) is 9.59 Å². The molecule has 0 amide bonds. The van der Waals surface area contributed by atoms with Crippen LogP contribution in [0.5, 0.6) is 0 Å². The van der Waals surface area contributed by atoms with E-state index in [-0.39, 0.29) is 22.4 Å². The molecule has 0 unspecified atom stereocenters. The first-order valence-corrected chi connectivity index (χ1v) is 8.60. The second-order valence-electron chi connectivity index (χ2n) is 6.47. The standard InChI is InChI=1S/C19H18N6O3/c1-11-6-5-7-14(8-11)24-18(26)15-9-23(25-12(2)20-21-13(25)3)10-16(17(15)22-24)19(27)28-4/h5-10H,1-4H3. The van der Waals surface area contributed by atoms with Crippen molar-refractivity contribution in [1.29, 1.82) is 0 Å². The lowest BCUT2D eigenvalue weighted by molar-refractivity contribution is 0.0600. The minimum atomic E-state index is -0.586. The van der Waals surface area contributed by atoms with Gasteiger partial charge in [0.1, 0.15) is 22.9 Å². The summed E-state index contributed by atoms with van der Waals surface area (Å²) in [4.78, 5) is 25.5. The zero-order valence-corrected chi connectivity index (χ0v) is 15.9. The second-order valence-corrected chi connectivity index (χ2v) is 6.47. The normalized spacial score (nSPS) is 11.1. The van der Waals surface area contributed by atoms with Crippen LogP contribution < -0.4 is 5.56 Å². The number of pyridine rings is 1. The second kappa shape index (κ2) is 6.45. The van der Waals surface area contributed by atoms with Gasteiger partial charge in [0, 0.05) is 12.4 Å². The minimum absolute atomic E-state index is 0.177. The number of hydrogen-bond acceptors (Lipinski definition) is 6. The van der Waals surface area contributed by atoms with Crippen molar-refractivity contribution in [3.05, 3.63) is 69.8 Å². The Hall–Kier alpha value is -3.75. The molecule has 0 aliphatic carbocycles. The van der Waals surface area contributed by atoms with Crippen LogP contribution in [0.3, 0.4) is 0 Å². The number of fused-ring (bicyclic) bond motifs is 1. The van der Waals surface area contributed by atoms with Gasteiger partial charge in [-0.25, -0.2) is 9.47 Å². The van der Waals surface area contributed by atoms with E-state index >= 15 is 0 Å². The van der Waals surface area contributed by atoms with Gasteiger partial charge in [-0.3, -0.25) is 9.47 Å².